The zero-order valence-corrected chi connectivity index (χ0v) is 8.65. The van der Waals surface area contributed by atoms with E-state index >= 15 is 0 Å². The van der Waals surface area contributed by atoms with Crippen LogP contribution in [-0.2, 0) is 4.74 Å². The van der Waals surface area contributed by atoms with Gasteiger partial charge < -0.3 is 15.7 Å². The number of likely N-dealkylation sites (N-methyl/N-ethyl adjacent to an activating group) is 1. The summed E-state index contributed by atoms with van der Waals surface area (Å²) in [6, 6.07) is 0. The Kier molecular flexibility index (Phi) is 4.69. The van der Waals surface area contributed by atoms with Gasteiger partial charge in [-0.2, -0.15) is 0 Å². The van der Waals surface area contributed by atoms with Gasteiger partial charge in [0, 0.05) is 13.2 Å². The molecule has 5 heteroatoms. The van der Waals surface area contributed by atoms with Crippen LogP contribution in [0.3, 0.4) is 0 Å². The van der Waals surface area contributed by atoms with E-state index in [2.05, 4.69) is 5.16 Å². The van der Waals surface area contributed by atoms with Crippen LogP contribution in [0.1, 0.15) is 12.8 Å². The second-order valence-electron chi connectivity index (χ2n) is 3.85. The fourth-order valence-electron chi connectivity index (χ4n) is 1.14. The van der Waals surface area contributed by atoms with Crippen molar-refractivity contribution in [1.82, 2.24) is 4.90 Å². The van der Waals surface area contributed by atoms with E-state index in [4.69, 9.17) is 15.7 Å². The Labute approximate surface area is 84.5 Å². The van der Waals surface area contributed by atoms with Gasteiger partial charge in [0.25, 0.3) is 0 Å². The van der Waals surface area contributed by atoms with Gasteiger partial charge in [0.05, 0.1) is 13.2 Å². The maximum absolute atomic E-state index is 8.34. The van der Waals surface area contributed by atoms with Crippen molar-refractivity contribution < 1.29 is 9.94 Å². The Balaban J connectivity index is 1.93. The minimum Gasteiger partial charge on any atom is -0.409 e. The topological polar surface area (TPSA) is 71.1 Å². The van der Waals surface area contributed by atoms with E-state index in [-0.39, 0.29) is 5.84 Å². The van der Waals surface area contributed by atoms with E-state index < -0.39 is 0 Å². The fraction of sp³-hybridized carbons (Fsp3) is 0.889. The summed E-state index contributed by atoms with van der Waals surface area (Å²) in [5.41, 5.74) is 5.35. The van der Waals surface area contributed by atoms with Crippen molar-refractivity contribution >= 4 is 5.84 Å². The Morgan fingerprint density at radius 2 is 2.36 bits per heavy atom. The zero-order chi connectivity index (χ0) is 10.4. The van der Waals surface area contributed by atoms with Crippen LogP contribution in [0.25, 0.3) is 0 Å². The molecule has 0 bridgehead atoms. The number of hydrogen-bond acceptors (Lipinski definition) is 4. The molecule has 0 aromatic heterocycles. The molecule has 0 amide bonds. The van der Waals surface area contributed by atoms with Crippen LogP contribution < -0.4 is 5.73 Å². The first-order valence-electron chi connectivity index (χ1n) is 4.95. The molecular formula is C9H19N3O2. The van der Waals surface area contributed by atoms with Crippen molar-refractivity contribution in [3.8, 4) is 0 Å². The van der Waals surface area contributed by atoms with E-state index in [1.54, 1.807) is 0 Å². The summed E-state index contributed by atoms with van der Waals surface area (Å²) in [5, 5.41) is 11.2. The van der Waals surface area contributed by atoms with E-state index in [9.17, 15) is 0 Å². The quantitative estimate of drug-likeness (QED) is 0.201. The maximum atomic E-state index is 8.34. The standard InChI is InChI=1S/C9H19N3O2/c1-12(6-9(10)11-13)4-5-14-7-8-2-3-8/h8,13H,2-7H2,1H3,(H2,10,11). The van der Waals surface area contributed by atoms with Crippen LogP contribution in [0.15, 0.2) is 5.16 Å². The second-order valence-corrected chi connectivity index (χ2v) is 3.85. The molecule has 0 aromatic rings. The molecule has 0 spiro atoms. The average molecular weight is 201 g/mol. The molecule has 3 N–H and O–H groups in total. The Bertz CT molecular complexity index is 192. The summed E-state index contributed by atoms with van der Waals surface area (Å²) in [4.78, 5) is 1.96. The molecule has 1 aliphatic carbocycles. The van der Waals surface area contributed by atoms with Gasteiger partial charge in [-0.25, -0.2) is 0 Å². The normalized spacial score (nSPS) is 17.7. The lowest BCUT2D eigenvalue weighted by atomic mass is 10.4. The van der Waals surface area contributed by atoms with Crippen LogP contribution in [-0.4, -0.2) is 49.3 Å². The largest absolute Gasteiger partial charge is 0.409 e. The lowest BCUT2D eigenvalue weighted by molar-refractivity contribution is 0.107. The van der Waals surface area contributed by atoms with Gasteiger partial charge in [-0.15, -0.1) is 0 Å². The molecular weight excluding hydrogens is 182 g/mol. The molecule has 0 radical (unpaired) electrons. The van der Waals surface area contributed by atoms with Crippen molar-refractivity contribution in [1.29, 1.82) is 0 Å². The van der Waals surface area contributed by atoms with E-state index in [1.165, 1.54) is 12.8 Å². The number of nitrogens with zero attached hydrogens (tertiary/aromatic N) is 2. The third kappa shape index (κ3) is 5.04. The van der Waals surface area contributed by atoms with Crippen molar-refractivity contribution in [2.75, 3.05) is 33.4 Å². The molecule has 14 heavy (non-hydrogen) atoms. The molecule has 1 fully saturated rings. The molecule has 0 heterocycles. The Morgan fingerprint density at radius 3 is 2.93 bits per heavy atom. The van der Waals surface area contributed by atoms with Crippen LogP contribution in [0.2, 0.25) is 0 Å². The molecule has 0 unspecified atom stereocenters. The van der Waals surface area contributed by atoms with Crippen LogP contribution in [0, 0.1) is 5.92 Å². The van der Waals surface area contributed by atoms with E-state index in [1.807, 2.05) is 11.9 Å². The molecule has 1 aliphatic rings. The van der Waals surface area contributed by atoms with Crippen molar-refractivity contribution in [3.63, 3.8) is 0 Å². The molecule has 1 rings (SSSR count). The van der Waals surface area contributed by atoms with Gasteiger partial charge in [-0.1, -0.05) is 5.16 Å². The minimum absolute atomic E-state index is 0.231. The number of amidine groups is 1. The van der Waals surface area contributed by atoms with Crippen molar-refractivity contribution in [2.24, 2.45) is 16.8 Å². The highest BCUT2D eigenvalue weighted by atomic mass is 16.5. The zero-order valence-electron chi connectivity index (χ0n) is 8.65. The highest BCUT2D eigenvalue weighted by Gasteiger charge is 2.20. The number of ether oxygens (including phenoxy) is 1. The Hall–Kier alpha value is -0.810. The lowest BCUT2D eigenvalue weighted by Gasteiger charge is -2.15. The van der Waals surface area contributed by atoms with Gasteiger partial charge in [0.2, 0.25) is 0 Å². The molecule has 0 saturated heterocycles. The third-order valence-electron chi connectivity index (χ3n) is 2.23. The number of oxime groups is 1. The third-order valence-corrected chi connectivity index (χ3v) is 2.23. The van der Waals surface area contributed by atoms with E-state index in [0.717, 1.165) is 19.1 Å². The maximum Gasteiger partial charge on any atom is 0.153 e. The monoisotopic (exact) mass is 201 g/mol. The molecule has 0 aromatic carbocycles. The summed E-state index contributed by atoms with van der Waals surface area (Å²) in [6.45, 7) is 2.88. The molecule has 0 atom stereocenters. The molecule has 82 valence electrons. The fourth-order valence-corrected chi connectivity index (χ4v) is 1.14. The van der Waals surface area contributed by atoms with Gasteiger partial charge >= 0.3 is 0 Å². The highest BCUT2D eigenvalue weighted by Crippen LogP contribution is 2.28. The summed E-state index contributed by atoms with van der Waals surface area (Å²) >= 11 is 0. The van der Waals surface area contributed by atoms with Gasteiger partial charge in [-0.3, -0.25) is 4.90 Å². The number of hydrogen-bond donors (Lipinski definition) is 2. The summed E-state index contributed by atoms with van der Waals surface area (Å²) in [7, 11) is 1.92. The first kappa shape index (κ1) is 11.3. The minimum atomic E-state index is 0.231. The first-order chi connectivity index (χ1) is 6.72. The van der Waals surface area contributed by atoms with E-state index in [0.29, 0.717) is 13.2 Å². The molecule has 1 saturated carbocycles. The predicted molar refractivity (Wildman–Crippen MR) is 54.4 cm³/mol. The van der Waals surface area contributed by atoms with Gasteiger partial charge in [-0.05, 0) is 25.8 Å². The summed E-state index contributed by atoms with van der Waals surface area (Å²) < 4.78 is 5.46. The van der Waals surface area contributed by atoms with Crippen LogP contribution in [0.4, 0.5) is 0 Å². The first-order valence-corrected chi connectivity index (χ1v) is 4.95. The van der Waals surface area contributed by atoms with Crippen LogP contribution in [0.5, 0.6) is 0 Å². The van der Waals surface area contributed by atoms with Crippen LogP contribution >= 0.6 is 0 Å². The Morgan fingerprint density at radius 1 is 1.64 bits per heavy atom. The highest BCUT2D eigenvalue weighted by molar-refractivity contribution is 5.81. The van der Waals surface area contributed by atoms with Gasteiger partial charge in [0.1, 0.15) is 0 Å². The summed E-state index contributed by atoms with van der Waals surface area (Å²) in [5.74, 6) is 1.04. The lowest BCUT2D eigenvalue weighted by Crippen LogP contribution is -2.33. The molecule has 5 nitrogen and oxygen atoms in total. The predicted octanol–water partition coefficient (Wildman–Crippen LogP) is 0.0912. The average Bonchev–Trinajstić information content (AvgIpc) is 2.96. The van der Waals surface area contributed by atoms with Crippen molar-refractivity contribution in [3.05, 3.63) is 0 Å². The number of nitrogens with two attached hydrogens (primary N) is 1. The second kappa shape index (κ2) is 5.82. The molecule has 0 aliphatic heterocycles. The van der Waals surface area contributed by atoms with Crippen molar-refractivity contribution in [2.45, 2.75) is 12.8 Å². The number of rotatable bonds is 7. The summed E-state index contributed by atoms with van der Waals surface area (Å²) in [6.07, 6.45) is 2.64. The smallest absolute Gasteiger partial charge is 0.153 e. The SMILES string of the molecule is CN(CCOCC1CC1)CC(N)=NO. The van der Waals surface area contributed by atoms with Gasteiger partial charge in [0.15, 0.2) is 5.84 Å².